The molecule has 21 heavy (non-hydrogen) atoms. The topological polar surface area (TPSA) is 59.8 Å². The number of aromatic nitrogens is 3. The molecule has 0 aliphatic rings. The number of pyridine rings is 1. The summed E-state index contributed by atoms with van der Waals surface area (Å²) in [7, 11) is 0. The van der Waals surface area contributed by atoms with Gasteiger partial charge in [0.05, 0.1) is 11.9 Å². The Morgan fingerprint density at radius 1 is 1.14 bits per heavy atom. The van der Waals surface area contributed by atoms with Crippen molar-refractivity contribution in [3.8, 4) is 5.82 Å². The molecule has 0 radical (unpaired) electrons. The summed E-state index contributed by atoms with van der Waals surface area (Å²) >= 11 is 0. The van der Waals surface area contributed by atoms with Gasteiger partial charge in [-0.2, -0.15) is 0 Å². The molecule has 0 saturated carbocycles. The third-order valence-corrected chi connectivity index (χ3v) is 2.88. The van der Waals surface area contributed by atoms with Crippen LogP contribution in [0.15, 0.2) is 61.3 Å². The number of hydrogen-bond donors (Lipinski definition) is 1. The van der Waals surface area contributed by atoms with Gasteiger partial charge in [0, 0.05) is 18.0 Å². The molecule has 1 aromatic carbocycles. The highest BCUT2D eigenvalue weighted by molar-refractivity contribution is 6.04. The van der Waals surface area contributed by atoms with Gasteiger partial charge >= 0.3 is 0 Å². The first-order valence-electron chi connectivity index (χ1n) is 6.24. The molecular weight excluding hydrogens is 271 g/mol. The van der Waals surface area contributed by atoms with Crippen LogP contribution in [0.5, 0.6) is 0 Å². The van der Waals surface area contributed by atoms with Crippen LogP contribution in [-0.2, 0) is 0 Å². The van der Waals surface area contributed by atoms with Crippen LogP contribution in [0, 0.1) is 5.82 Å². The first-order valence-corrected chi connectivity index (χ1v) is 6.24. The second kappa shape index (κ2) is 5.54. The molecule has 0 atom stereocenters. The number of amides is 1. The number of imidazole rings is 1. The molecule has 1 N–H and O–H groups in total. The van der Waals surface area contributed by atoms with Gasteiger partial charge in [0.15, 0.2) is 0 Å². The Labute approximate surface area is 120 Å². The van der Waals surface area contributed by atoms with Gasteiger partial charge in [-0.3, -0.25) is 9.36 Å². The number of benzene rings is 1. The predicted molar refractivity (Wildman–Crippen MR) is 75.7 cm³/mol. The summed E-state index contributed by atoms with van der Waals surface area (Å²) in [6, 6.07) is 8.85. The second-order valence-electron chi connectivity index (χ2n) is 4.34. The molecule has 0 unspecified atom stereocenters. The third-order valence-electron chi connectivity index (χ3n) is 2.88. The van der Waals surface area contributed by atoms with E-state index in [4.69, 9.17) is 0 Å². The number of halogens is 1. The molecule has 0 spiro atoms. The SMILES string of the molecule is O=C(Nc1ccc(-n2ccnc2)nc1)c1ccc(F)cc1. The lowest BCUT2D eigenvalue weighted by Crippen LogP contribution is -2.12. The maximum absolute atomic E-state index is 12.8. The normalized spacial score (nSPS) is 10.3. The number of carbonyl (C=O) groups is 1. The highest BCUT2D eigenvalue weighted by Gasteiger charge is 2.06. The summed E-state index contributed by atoms with van der Waals surface area (Å²) in [6.07, 6.45) is 6.63. The molecular formula is C15H11FN4O. The summed E-state index contributed by atoms with van der Waals surface area (Å²) in [5.41, 5.74) is 0.947. The molecule has 2 heterocycles. The van der Waals surface area contributed by atoms with Crippen molar-refractivity contribution in [1.29, 1.82) is 0 Å². The maximum atomic E-state index is 12.8. The first-order chi connectivity index (χ1) is 10.2. The van der Waals surface area contributed by atoms with Crippen LogP contribution in [0.25, 0.3) is 5.82 Å². The lowest BCUT2D eigenvalue weighted by Gasteiger charge is -2.06. The summed E-state index contributed by atoms with van der Waals surface area (Å²) in [4.78, 5) is 20.1. The van der Waals surface area contributed by atoms with Crippen molar-refractivity contribution in [2.75, 3.05) is 5.32 Å². The number of carbonyl (C=O) groups excluding carboxylic acids is 1. The van der Waals surface area contributed by atoms with Crippen LogP contribution >= 0.6 is 0 Å². The van der Waals surface area contributed by atoms with Crippen LogP contribution in [-0.4, -0.2) is 20.4 Å². The van der Waals surface area contributed by atoms with Crippen molar-refractivity contribution in [3.63, 3.8) is 0 Å². The number of hydrogen-bond acceptors (Lipinski definition) is 3. The lowest BCUT2D eigenvalue weighted by molar-refractivity contribution is 0.102. The van der Waals surface area contributed by atoms with Crippen molar-refractivity contribution in [2.24, 2.45) is 0 Å². The Hall–Kier alpha value is -3.02. The van der Waals surface area contributed by atoms with Crippen molar-refractivity contribution in [1.82, 2.24) is 14.5 Å². The summed E-state index contributed by atoms with van der Waals surface area (Å²) in [6.45, 7) is 0. The van der Waals surface area contributed by atoms with Crippen LogP contribution in [0.4, 0.5) is 10.1 Å². The van der Waals surface area contributed by atoms with E-state index in [9.17, 15) is 9.18 Å². The quantitative estimate of drug-likeness (QED) is 0.803. The van der Waals surface area contributed by atoms with Crippen LogP contribution in [0.3, 0.4) is 0 Å². The second-order valence-corrected chi connectivity index (χ2v) is 4.34. The average Bonchev–Trinajstić information content (AvgIpc) is 3.03. The molecule has 0 fully saturated rings. The minimum Gasteiger partial charge on any atom is -0.321 e. The summed E-state index contributed by atoms with van der Waals surface area (Å²) in [5, 5.41) is 2.70. The molecule has 0 bridgehead atoms. The smallest absolute Gasteiger partial charge is 0.255 e. The Morgan fingerprint density at radius 3 is 2.57 bits per heavy atom. The zero-order valence-corrected chi connectivity index (χ0v) is 10.9. The van der Waals surface area contributed by atoms with Gasteiger partial charge in [0.1, 0.15) is 18.0 Å². The number of anilines is 1. The van der Waals surface area contributed by atoms with E-state index in [0.717, 1.165) is 0 Å². The summed E-state index contributed by atoms with van der Waals surface area (Å²) < 4.78 is 14.6. The van der Waals surface area contributed by atoms with E-state index in [0.29, 0.717) is 17.1 Å². The van der Waals surface area contributed by atoms with E-state index >= 15 is 0 Å². The van der Waals surface area contributed by atoms with E-state index in [1.165, 1.54) is 24.3 Å². The molecule has 3 rings (SSSR count). The molecule has 0 saturated heterocycles. The fourth-order valence-corrected chi connectivity index (χ4v) is 1.81. The van der Waals surface area contributed by atoms with Gasteiger partial charge in [0.25, 0.3) is 5.91 Å². The fourth-order valence-electron chi connectivity index (χ4n) is 1.81. The predicted octanol–water partition coefficient (Wildman–Crippen LogP) is 2.66. The van der Waals surface area contributed by atoms with E-state index in [1.54, 1.807) is 41.6 Å². The molecule has 0 aliphatic heterocycles. The monoisotopic (exact) mass is 282 g/mol. The third kappa shape index (κ3) is 2.94. The van der Waals surface area contributed by atoms with Gasteiger partial charge in [-0.1, -0.05) is 0 Å². The van der Waals surface area contributed by atoms with Crippen LogP contribution < -0.4 is 5.32 Å². The zero-order valence-electron chi connectivity index (χ0n) is 10.9. The van der Waals surface area contributed by atoms with Crippen molar-refractivity contribution < 1.29 is 9.18 Å². The largest absolute Gasteiger partial charge is 0.321 e. The maximum Gasteiger partial charge on any atom is 0.255 e. The van der Waals surface area contributed by atoms with Crippen LogP contribution in [0.2, 0.25) is 0 Å². The van der Waals surface area contributed by atoms with E-state index in [-0.39, 0.29) is 11.7 Å². The minimum atomic E-state index is -0.377. The fraction of sp³-hybridized carbons (Fsp3) is 0. The number of rotatable bonds is 3. The van der Waals surface area contributed by atoms with Gasteiger partial charge in [-0.05, 0) is 36.4 Å². The Bertz CT molecular complexity index is 736. The highest BCUT2D eigenvalue weighted by atomic mass is 19.1. The standard InChI is InChI=1S/C15H11FN4O/c16-12-3-1-11(2-4-12)15(21)19-13-5-6-14(18-9-13)20-8-7-17-10-20/h1-10H,(H,19,21). The molecule has 1 amide bonds. The molecule has 3 aromatic rings. The molecule has 6 heteroatoms. The Balaban J connectivity index is 1.73. The summed E-state index contributed by atoms with van der Waals surface area (Å²) in [5.74, 6) is 0.0114. The molecule has 2 aromatic heterocycles. The first kappa shape index (κ1) is 13.0. The highest BCUT2D eigenvalue weighted by Crippen LogP contribution is 2.11. The van der Waals surface area contributed by atoms with Gasteiger partial charge < -0.3 is 5.32 Å². The molecule has 5 nitrogen and oxygen atoms in total. The van der Waals surface area contributed by atoms with Crippen molar-refractivity contribution in [2.45, 2.75) is 0 Å². The van der Waals surface area contributed by atoms with Gasteiger partial charge in [0.2, 0.25) is 0 Å². The zero-order chi connectivity index (χ0) is 14.7. The Morgan fingerprint density at radius 2 is 1.95 bits per heavy atom. The van der Waals surface area contributed by atoms with Gasteiger partial charge in [-0.15, -0.1) is 0 Å². The van der Waals surface area contributed by atoms with E-state index < -0.39 is 0 Å². The molecule has 0 aliphatic carbocycles. The lowest BCUT2D eigenvalue weighted by atomic mass is 10.2. The number of nitrogens with zero attached hydrogens (tertiary/aromatic N) is 3. The van der Waals surface area contributed by atoms with Crippen molar-refractivity contribution in [3.05, 3.63) is 72.7 Å². The van der Waals surface area contributed by atoms with Gasteiger partial charge in [-0.25, -0.2) is 14.4 Å². The molecule has 104 valence electrons. The van der Waals surface area contributed by atoms with Crippen molar-refractivity contribution >= 4 is 11.6 Å². The number of nitrogens with one attached hydrogen (secondary N) is 1. The van der Waals surface area contributed by atoms with Crippen LogP contribution in [0.1, 0.15) is 10.4 Å². The van der Waals surface area contributed by atoms with E-state index in [2.05, 4.69) is 15.3 Å². The Kier molecular flexibility index (Phi) is 3.42. The van der Waals surface area contributed by atoms with E-state index in [1.807, 2.05) is 0 Å². The average molecular weight is 282 g/mol. The minimum absolute atomic E-state index is 0.313.